The van der Waals surface area contributed by atoms with Gasteiger partial charge in [-0.15, -0.1) is 0 Å². The molecular formula is C25H29N5O2. The van der Waals surface area contributed by atoms with Crippen LogP contribution in [0.5, 0.6) is 0 Å². The molecule has 0 unspecified atom stereocenters. The maximum Gasteiger partial charge on any atom is 0.246 e. The van der Waals surface area contributed by atoms with Crippen molar-refractivity contribution in [3.05, 3.63) is 72.4 Å². The third-order valence-corrected chi connectivity index (χ3v) is 5.94. The van der Waals surface area contributed by atoms with Crippen molar-refractivity contribution in [1.29, 1.82) is 0 Å². The molecule has 7 nitrogen and oxygen atoms in total. The van der Waals surface area contributed by atoms with Crippen molar-refractivity contribution in [2.24, 2.45) is 11.7 Å². The summed E-state index contributed by atoms with van der Waals surface area (Å²) in [6.45, 7) is 1.27. The molecule has 1 saturated heterocycles. The predicted octanol–water partition coefficient (Wildman–Crippen LogP) is 2.23. The molecule has 32 heavy (non-hydrogen) atoms. The van der Waals surface area contributed by atoms with E-state index in [0.29, 0.717) is 31.5 Å². The lowest BCUT2D eigenvalue weighted by Gasteiger charge is -2.21. The molecule has 5 N–H and O–H groups in total. The Kier molecular flexibility index (Phi) is 7.09. The van der Waals surface area contributed by atoms with E-state index in [9.17, 15) is 9.59 Å². The number of hydrogen-bond acceptors (Lipinski definition) is 5. The summed E-state index contributed by atoms with van der Waals surface area (Å²) in [5.41, 5.74) is 8.32. The molecule has 4 rings (SSSR count). The Morgan fingerprint density at radius 2 is 1.97 bits per heavy atom. The minimum Gasteiger partial charge on any atom is -0.343 e. The Balaban J connectivity index is 1.46. The zero-order chi connectivity index (χ0) is 22.3. The van der Waals surface area contributed by atoms with Gasteiger partial charge in [0.2, 0.25) is 11.8 Å². The molecule has 3 aromatic rings. The van der Waals surface area contributed by atoms with Crippen LogP contribution < -0.4 is 21.7 Å². The van der Waals surface area contributed by atoms with E-state index in [1.54, 1.807) is 6.20 Å². The predicted molar refractivity (Wildman–Crippen MR) is 126 cm³/mol. The number of nitrogens with zero attached hydrogens (tertiary/aromatic N) is 1. The molecule has 3 atom stereocenters. The summed E-state index contributed by atoms with van der Waals surface area (Å²) in [5.74, 6) is -0.111. The molecule has 1 aromatic heterocycles. The second kappa shape index (κ2) is 10.3. The number of nitrogens with two attached hydrogens (primary N) is 1. The monoisotopic (exact) mass is 431 g/mol. The summed E-state index contributed by atoms with van der Waals surface area (Å²) < 4.78 is 0. The van der Waals surface area contributed by atoms with E-state index in [4.69, 9.17) is 5.73 Å². The average Bonchev–Trinajstić information content (AvgIpc) is 3.32. The van der Waals surface area contributed by atoms with Crippen LogP contribution >= 0.6 is 0 Å². The number of amides is 2. The zero-order valence-corrected chi connectivity index (χ0v) is 18.0. The first-order valence-electron chi connectivity index (χ1n) is 11.1. The number of aryl methyl sites for hydroxylation is 1. The van der Waals surface area contributed by atoms with Crippen molar-refractivity contribution in [3.8, 4) is 0 Å². The summed E-state index contributed by atoms with van der Waals surface area (Å²) in [6, 6.07) is 18.4. The molecule has 1 fully saturated rings. The lowest BCUT2D eigenvalue weighted by Crippen LogP contribution is -2.50. The minimum atomic E-state index is -0.652. The Hall–Kier alpha value is -3.29. The van der Waals surface area contributed by atoms with Crippen LogP contribution in [0.3, 0.4) is 0 Å². The number of aromatic nitrogens is 1. The van der Waals surface area contributed by atoms with Gasteiger partial charge in [-0.25, -0.2) is 0 Å². The molecule has 166 valence electrons. The number of carbonyl (C=O) groups excluding carboxylic acids is 2. The number of anilines is 1. The topological polar surface area (TPSA) is 109 Å². The van der Waals surface area contributed by atoms with Crippen molar-refractivity contribution in [1.82, 2.24) is 15.6 Å². The highest BCUT2D eigenvalue weighted by Gasteiger charge is 2.31. The highest BCUT2D eigenvalue weighted by atomic mass is 16.2. The molecule has 0 spiro atoms. The van der Waals surface area contributed by atoms with Gasteiger partial charge in [0.25, 0.3) is 0 Å². The quantitative estimate of drug-likeness (QED) is 0.437. The van der Waals surface area contributed by atoms with Crippen molar-refractivity contribution in [2.45, 2.75) is 31.3 Å². The van der Waals surface area contributed by atoms with Crippen molar-refractivity contribution in [3.63, 3.8) is 0 Å². The number of benzene rings is 2. The zero-order valence-electron chi connectivity index (χ0n) is 18.0. The number of hydrogen-bond donors (Lipinski definition) is 4. The van der Waals surface area contributed by atoms with E-state index in [1.807, 2.05) is 60.7 Å². The maximum atomic E-state index is 13.2. The second-order valence-corrected chi connectivity index (χ2v) is 8.28. The maximum absolute atomic E-state index is 13.2. The third kappa shape index (κ3) is 5.49. The third-order valence-electron chi connectivity index (χ3n) is 5.94. The molecular weight excluding hydrogens is 402 g/mol. The molecule has 0 saturated carbocycles. The van der Waals surface area contributed by atoms with E-state index >= 15 is 0 Å². The summed E-state index contributed by atoms with van der Waals surface area (Å²) in [6.07, 6.45) is 3.59. The lowest BCUT2D eigenvalue weighted by molar-refractivity contribution is -0.127. The van der Waals surface area contributed by atoms with Crippen LogP contribution in [0.1, 0.15) is 18.4 Å². The molecule has 2 amide bonds. The van der Waals surface area contributed by atoms with Crippen LogP contribution in [-0.2, 0) is 16.0 Å². The van der Waals surface area contributed by atoms with Crippen LogP contribution in [0.2, 0.25) is 0 Å². The van der Waals surface area contributed by atoms with Gasteiger partial charge in [0.05, 0.1) is 11.6 Å². The van der Waals surface area contributed by atoms with Gasteiger partial charge in [0.1, 0.15) is 6.04 Å². The SMILES string of the molecule is NC[C@@H]1CN[C@@H](C(=O)N[C@H](CCc2ccccc2)C(=O)Nc2ccc3cccnc3c2)C1. The standard InChI is InChI=1S/C25H29N5O2/c26-15-18-13-23(28-16-18)25(32)30-21(11-8-17-5-2-1-3-6-17)24(31)29-20-10-9-19-7-4-12-27-22(19)14-20/h1-7,9-10,12,14,18,21,23,28H,8,11,13,15-16,26H2,(H,29,31)(H,30,32)/t18-,21-,23-/m1/s1. The average molecular weight is 432 g/mol. The van der Waals surface area contributed by atoms with Crippen molar-refractivity contribution < 1.29 is 9.59 Å². The first kappa shape index (κ1) is 21.9. The highest BCUT2D eigenvalue weighted by molar-refractivity contribution is 5.99. The van der Waals surface area contributed by atoms with Crippen LogP contribution in [0.15, 0.2) is 66.9 Å². The van der Waals surface area contributed by atoms with E-state index in [0.717, 1.165) is 23.0 Å². The number of nitrogens with one attached hydrogen (secondary N) is 3. The van der Waals surface area contributed by atoms with Crippen LogP contribution in [-0.4, -0.2) is 42.0 Å². The van der Waals surface area contributed by atoms with Crippen molar-refractivity contribution >= 4 is 28.4 Å². The van der Waals surface area contributed by atoms with Gasteiger partial charge in [0.15, 0.2) is 0 Å². The Bertz CT molecular complexity index is 1070. The smallest absolute Gasteiger partial charge is 0.246 e. The molecule has 2 heterocycles. The highest BCUT2D eigenvalue weighted by Crippen LogP contribution is 2.18. The number of fused-ring (bicyclic) bond motifs is 1. The fraction of sp³-hybridized carbons (Fsp3) is 0.320. The minimum absolute atomic E-state index is 0.158. The first-order valence-corrected chi connectivity index (χ1v) is 11.1. The number of rotatable bonds is 8. The molecule has 2 aromatic carbocycles. The van der Waals surface area contributed by atoms with Gasteiger partial charge in [-0.1, -0.05) is 42.5 Å². The molecule has 0 radical (unpaired) electrons. The molecule has 1 aliphatic heterocycles. The first-order chi connectivity index (χ1) is 15.6. The van der Waals surface area contributed by atoms with Gasteiger partial charge in [0, 0.05) is 17.3 Å². The largest absolute Gasteiger partial charge is 0.343 e. The summed E-state index contributed by atoms with van der Waals surface area (Å²) in [5, 5.41) is 10.1. The fourth-order valence-corrected chi connectivity index (χ4v) is 4.06. The summed E-state index contributed by atoms with van der Waals surface area (Å²) in [4.78, 5) is 30.4. The molecule has 0 aliphatic carbocycles. The van der Waals surface area contributed by atoms with Crippen LogP contribution in [0.25, 0.3) is 10.9 Å². The Labute approximate surface area is 187 Å². The van der Waals surface area contributed by atoms with Gasteiger partial charge in [-0.05, 0) is 62.0 Å². The van der Waals surface area contributed by atoms with Gasteiger partial charge >= 0.3 is 0 Å². The molecule has 7 heteroatoms. The van der Waals surface area contributed by atoms with E-state index < -0.39 is 6.04 Å². The van der Waals surface area contributed by atoms with Gasteiger partial charge < -0.3 is 21.7 Å². The van der Waals surface area contributed by atoms with Crippen molar-refractivity contribution in [2.75, 3.05) is 18.4 Å². The van der Waals surface area contributed by atoms with E-state index in [-0.39, 0.29) is 23.8 Å². The summed E-state index contributed by atoms with van der Waals surface area (Å²) >= 11 is 0. The fourth-order valence-electron chi connectivity index (χ4n) is 4.06. The molecule has 0 bridgehead atoms. The Morgan fingerprint density at radius 1 is 1.12 bits per heavy atom. The number of pyridine rings is 1. The second-order valence-electron chi connectivity index (χ2n) is 8.28. The normalized spacial score (nSPS) is 18.9. The number of carbonyl (C=O) groups is 2. The van der Waals surface area contributed by atoms with Crippen LogP contribution in [0.4, 0.5) is 5.69 Å². The Morgan fingerprint density at radius 3 is 2.75 bits per heavy atom. The van der Waals surface area contributed by atoms with Crippen LogP contribution in [0, 0.1) is 5.92 Å². The lowest BCUT2D eigenvalue weighted by atomic mass is 10.0. The van der Waals surface area contributed by atoms with Gasteiger partial charge in [-0.3, -0.25) is 14.6 Å². The van der Waals surface area contributed by atoms with Gasteiger partial charge in [-0.2, -0.15) is 0 Å². The van der Waals surface area contributed by atoms with E-state index in [1.165, 1.54) is 0 Å². The molecule has 1 aliphatic rings. The van der Waals surface area contributed by atoms with E-state index in [2.05, 4.69) is 20.9 Å². The summed E-state index contributed by atoms with van der Waals surface area (Å²) in [7, 11) is 0.